The molecule has 0 saturated carbocycles. The molecule has 18 heavy (non-hydrogen) atoms. The smallest absolute Gasteiger partial charge is 0.186 e. The number of aryl methyl sites for hydroxylation is 2. The summed E-state index contributed by atoms with van der Waals surface area (Å²) in [6, 6.07) is 5.85. The van der Waals surface area contributed by atoms with Crippen LogP contribution in [0.15, 0.2) is 23.6 Å². The van der Waals surface area contributed by atoms with Crippen LogP contribution in [0.3, 0.4) is 0 Å². The highest BCUT2D eigenvalue weighted by molar-refractivity contribution is 7.09. The van der Waals surface area contributed by atoms with E-state index in [0.717, 1.165) is 21.9 Å². The number of benzene rings is 1. The Bertz CT molecular complexity index is 575. The highest BCUT2D eigenvalue weighted by atomic mass is 32.1. The van der Waals surface area contributed by atoms with Gasteiger partial charge in [0.2, 0.25) is 0 Å². The van der Waals surface area contributed by atoms with E-state index in [2.05, 4.69) is 4.98 Å². The van der Waals surface area contributed by atoms with Crippen molar-refractivity contribution in [2.45, 2.75) is 20.3 Å². The standard InChI is InChI=1S/C14H15NO2S/c1-9-4-5-14(17-3)11(6-9)7-13(16)12-8-18-10(2)15-12/h4-6,8H,7H2,1-3H3. The quantitative estimate of drug-likeness (QED) is 0.793. The Labute approximate surface area is 110 Å². The van der Waals surface area contributed by atoms with Gasteiger partial charge >= 0.3 is 0 Å². The molecule has 0 saturated heterocycles. The van der Waals surface area contributed by atoms with Crippen molar-refractivity contribution in [1.82, 2.24) is 4.98 Å². The number of nitrogens with zero attached hydrogens (tertiary/aromatic N) is 1. The van der Waals surface area contributed by atoms with E-state index >= 15 is 0 Å². The Balaban J connectivity index is 2.23. The maximum atomic E-state index is 12.1. The summed E-state index contributed by atoms with van der Waals surface area (Å²) in [6.07, 6.45) is 0.327. The van der Waals surface area contributed by atoms with E-state index in [4.69, 9.17) is 4.74 Å². The zero-order valence-electron chi connectivity index (χ0n) is 10.7. The molecule has 0 aliphatic rings. The van der Waals surface area contributed by atoms with Crippen LogP contribution in [0, 0.1) is 13.8 Å². The van der Waals surface area contributed by atoms with Crippen LogP contribution in [0.5, 0.6) is 5.75 Å². The molecule has 0 radical (unpaired) electrons. The van der Waals surface area contributed by atoms with Gasteiger partial charge in [-0.2, -0.15) is 0 Å². The SMILES string of the molecule is COc1ccc(C)cc1CC(=O)c1csc(C)n1. The number of rotatable bonds is 4. The first-order chi connectivity index (χ1) is 8.60. The van der Waals surface area contributed by atoms with E-state index in [-0.39, 0.29) is 5.78 Å². The molecule has 0 unspecified atom stereocenters. The van der Waals surface area contributed by atoms with Gasteiger partial charge in [-0.25, -0.2) is 4.98 Å². The van der Waals surface area contributed by atoms with Gasteiger partial charge in [-0.15, -0.1) is 11.3 Å². The van der Waals surface area contributed by atoms with Crippen LogP contribution in [0.25, 0.3) is 0 Å². The molecule has 1 heterocycles. The Morgan fingerprint density at radius 3 is 2.78 bits per heavy atom. The molecule has 0 amide bonds. The molecule has 0 bridgehead atoms. The van der Waals surface area contributed by atoms with Crippen molar-refractivity contribution in [3.05, 3.63) is 45.4 Å². The van der Waals surface area contributed by atoms with Gasteiger partial charge in [0.25, 0.3) is 0 Å². The Morgan fingerprint density at radius 1 is 1.39 bits per heavy atom. The summed E-state index contributed by atoms with van der Waals surface area (Å²) >= 11 is 1.49. The van der Waals surface area contributed by atoms with Gasteiger partial charge in [0.15, 0.2) is 5.78 Å². The molecular formula is C14H15NO2S. The van der Waals surface area contributed by atoms with Crippen molar-refractivity contribution in [3.63, 3.8) is 0 Å². The van der Waals surface area contributed by atoms with E-state index < -0.39 is 0 Å². The Hall–Kier alpha value is -1.68. The number of Topliss-reactive ketones (excluding diaryl/α,β-unsaturated/α-hetero) is 1. The summed E-state index contributed by atoms with van der Waals surface area (Å²) in [5.74, 6) is 0.782. The molecule has 1 aromatic heterocycles. The fourth-order valence-electron chi connectivity index (χ4n) is 1.80. The van der Waals surface area contributed by atoms with E-state index in [0.29, 0.717) is 12.1 Å². The van der Waals surface area contributed by atoms with Crippen LogP contribution in [0.4, 0.5) is 0 Å². The molecule has 2 rings (SSSR count). The van der Waals surface area contributed by atoms with Crippen LogP contribution in [0.1, 0.15) is 26.6 Å². The van der Waals surface area contributed by atoms with Crippen molar-refractivity contribution in [2.75, 3.05) is 7.11 Å². The lowest BCUT2D eigenvalue weighted by Gasteiger charge is -2.08. The minimum atomic E-state index is 0.0308. The lowest BCUT2D eigenvalue weighted by molar-refractivity contribution is 0.0988. The zero-order chi connectivity index (χ0) is 13.1. The summed E-state index contributed by atoms with van der Waals surface area (Å²) in [4.78, 5) is 16.3. The number of hydrogen-bond acceptors (Lipinski definition) is 4. The van der Waals surface area contributed by atoms with Crippen molar-refractivity contribution >= 4 is 17.1 Å². The summed E-state index contributed by atoms with van der Waals surface area (Å²) in [5.41, 5.74) is 2.57. The lowest BCUT2D eigenvalue weighted by Crippen LogP contribution is -2.05. The average molecular weight is 261 g/mol. The molecule has 1 aromatic carbocycles. The number of methoxy groups -OCH3 is 1. The zero-order valence-corrected chi connectivity index (χ0v) is 11.5. The highest BCUT2D eigenvalue weighted by Gasteiger charge is 2.13. The second kappa shape index (κ2) is 5.31. The predicted octanol–water partition coefficient (Wildman–Crippen LogP) is 3.19. The van der Waals surface area contributed by atoms with E-state index in [1.54, 1.807) is 12.5 Å². The molecule has 0 N–H and O–H groups in total. The molecule has 0 fully saturated rings. The molecule has 94 valence electrons. The van der Waals surface area contributed by atoms with E-state index in [1.807, 2.05) is 32.0 Å². The molecule has 0 aliphatic heterocycles. The molecule has 0 aliphatic carbocycles. The van der Waals surface area contributed by atoms with E-state index in [1.165, 1.54) is 11.3 Å². The number of ether oxygens (including phenoxy) is 1. The normalized spacial score (nSPS) is 10.4. The monoisotopic (exact) mass is 261 g/mol. The number of thiazole rings is 1. The molecule has 0 atom stereocenters. The van der Waals surface area contributed by atoms with Gasteiger partial charge in [-0.3, -0.25) is 4.79 Å². The topological polar surface area (TPSA) is 39.2 Å². The number of aromatic nitrogens is 1. The van der Waals surface area contributed by atoms with Gasteiger partial charge in [0.1, 0.15) is 11.4 Å². The van der Waals surface area contributed by atoms with Gasteiger partial charge in [0, 0.05) is 17.4 Å². The van der Waals surface area contributed by atoms with Gasteiger partial charge in [-0.1, -0.05) is 17.7 Å². The van der Waals surface area contributed by atoms with Crippen LogP contribution in [0.2, 0.25) is 0 Å². The number of carbonyl (C=O) groups excluding carboxylic acids is 1. The molecule has 0 spiro atoms. The largest absolute Gasteiger partial charge is 0.496 e. The third-order valence-corrected chi connectivity index (χ3v) is 3.47. The molecular weight excluding hydrogens is 246 g/mol. The second-order valence-corrected chi connectivity index (χ2v) is 5.23. The fourth-order valence-corrected chi connectivity index (χ4v) is 2.42. The third kappa shape index (κ3) is 2.76. The molecule has 2 aromatic rings. The van der Waals surface area contributed by atoms with Gasteiger partial charge in [0.05, 0.1) is 12.1 Å². The summed E-state index contributed by atoms with van der Waals surface area (Å²) < 4.78 is 5.27. The maximum Gasteiger partial charge on any atom is 0.186 e. The van der Waals surface area contributed by atoms with Crippen molar-refractivity contribution < 1.29 is 9.53 Å². The minimum absolute atomic E-state index is 0.0308. The van der Waals surface area contributed by atoms with Crippen LogP contribution >= 0.6 is 11.3 Å². The summed E-state index contributed by atoms with van der Waals surface area (Å²) in [6.45, 7) is 3.90. The first-order valence-corrected chi connectivity index (χ1v) is 6.57. The minimum Gasteiger partial charge on any atom is -0.496 e. The summed E-state index contributed by atoms with van der Waals surface area (Å²) in [5, 5.41) is 2.72. The third-order valence-electron chi connectivity index (χ3n) is 2.69. The Kier molecular flexibility index (Phi) is 3.77. The fraction of sp³-hybridized carbons (Fsp3) is 0.286. The van der Waals surface area contributed by atoms with Crippen LogP contribution in [-0.2, 0) is 6.42 Å². The molecule has 3 nitrogen and oxygen atoms in total. The maximum absolute atomic E-state index is 12.1. The first kappa shape index (κ1) is 12.8. The summed E-state index contributed by atoms with van der Waals surface area (Å²) in [7, 11) is 1.62. The number of carbonyl (C=O) groups is 1. The number of ketones is 1. The predicted molar refractivity (Wildman–Crippen MR) is 72.6 cm³/mol. The Morgan fingerprint density at radius 2 is 2.17 bits per heavy atom. The van der Waals surface area contributed by atoms with Crippen molar-refractivity contribution in [3.8, 4) is 5.75 Å². The molecule has 4 heteroatoms. The van der Waals surface area contributed by atoms with Crippen LogP contribution < -0.4 is 4.74 Å². The van der Waals surface area contributed by atoms with Gasteiger partial charge < -0.3 is 4.74 Å². The van der Waals surface area contributed by atoms with Crippen LogP contribution in [-0.4, -0.2) is 17.9 Å². The van der Waals surface area contributed by atoms with Crippen molar-refractivity contribution in [1.29, 1.82) is 0 Å². The van der Waals surface area contributed by atoms with Gasteiger partial charge in [-0.05, 0) is 19.9 Å². The lowest BCUT2D eigenvalue weighted by atomic mass is 10.0. The second-order valence-electron chi connectivity index (χ2n) is 4.17. The van der Waals surface area contributed by atoms with Crippen molar-refractivity contribution in [2.24, 2.45) is 0 Å². The number of hydrogen-bond donors (Lipinski definition) is 0. The highest BCUT2D eigenvalue weighted by Crippen LogP contribution is 2.21. The first-order valence-electron chi connectivity index (χ1n) is 5.69. The van der Waals surface area contributed by atoms with E-state index in [9.17, 15) is 4.79 Å². The average Bonchev–Trinajstić information content (AvgIpc) is 2.76.